The summed E-state index contributed by atoms with van der Waals surface area (Å²) in [4.78, 5) is 36.4. The number of halogens is 1. The maximum atomic E-state index is 12.6. The summed E-state index contributed by atoms with van der Waals surface area (Å²) in [5, 5.41) is 12.1. The number of likely N-dealkylation sites (tertiary alicyclic amines) is 1. The first kappa shape index (κ1) is 16.3. The van der Waals surface area contributed by atoms with Crippen molar-refractivity contribution in [3.05, 3.63) is 28.8 Å². The zero-order chi connectivity index (χ0) is 16.3. The average Bonchev–Trinajstić information content (AvgIpc) is 2.48. The van der Waals surface area contributed by atoms with Gasteiger partial charge in [0.2, 0.25) is 5.91 Å². The highest BCUT2D eigenvalue weighted by atomic mass is 35.5. The largest absolute Gasteiger partial charge is 0.480 e. The van der Waals surface area contributed by atoms with Crippen molar-refractivity contribution in [2.24, 2.45) is 0 Å². The van der Waals surface area contributed by atoms with E-state index in [0.29, 0.717) is 18.7 Å². The summed E-state index contributed by atoms with van der Waals surface area (Å²) in [6.07, 6.45) is 1.98. The number of piperidine rings is 1. The number of hydrogen-bond donors (Lipinski definition) is 2. The molecule has 6 nitrogen and oxygen atoms in total. The first-order chi connectivity index (χ1) is 10.4. The number of carboxylic acid groups (broad SMARTS) is 1. The number of nitrogens with zero attached hydrogens (tertiary/aromatic N) is 1. The lowest BCUT2D eigenvalue weighted by atomic mass is 10.0. The topological polar surface area (TPSA) is 86.7 Å². The Bertz CT molecular complexity index is 618. The van der Waals surface area contributed by atoms with Crippen LogP contribution < -0.4 is 5.32 Å². The van der Waals surface area contributed by atoms with Crippen molar-refractivity contribution in [3.63, 3.8) is 0 Å². The summed E-state index contributed by atoms with van der Waals surface area (Å²) >= 11 is 6.07. The van der Waals surface area contributed by atoms with E-state index in [2.05, 4.69) is 5.32 Å². The number of nitrogens with one attached hydrogen (secondary N) is 1. The maximum absolute atomic E-state index is 12.6. The lowest BCUT2D eigenvalue weighted by Gasteiger charge is -2.33. The molecule has 0 aromatic heterocycles. The predicted molar refractivity (Wildman–Crippen MR) is 82.1 cm³/mol. The van der Waals surface area contributed by atoms with E-state index >= 15 is 0 Å². The molecule has 0 saturated carbocycles. The van der Waals surface area contributed by atoms with Gasteiger partial charge in [0.05, 0.1) is 10.6 Å². The molecular formula is C15H17ClN2O4. The van der Waals surface area contributed by atoms with Gasteiger partial charge in [0, 0.05) is 19.2 Å². The molecule has 1 unspecified atom stereocenters. The van der Waals surface area contributed by atoms with E-state index in [-0.39, 0.29) is 16.5 Å². The first-order valence-corrected chi connectivity index (χ1v) is 7.39. The molecule has 1 atom stereocenters. The second-order valence-corrected chi connectivity index (χ2v) is 5.63. The van der Waals surface area contributed by atoms with Crippen molar-refractivity contribution in [2.45, 2.75) is 32.2 Å². The molecule has 1 aliphatic heterocycles. The molecule has 1 fully saturated rings. The Morgan fingerprint density at radius 2 is 2.05 bits per heavy atom. The fraction of sp³-hybridized carbons (Fsp3) is 0.400. The molecule has 1 aliphatic rings. The van der Waals surface area contributed by atoms with Crippen LogP contribution in [0.15, 0.2) is 18.2 Å². The molecule has 0 spiro atoms. The Hall–Kier alpha value is -2.08. The monoisotopic (exact) mass is 324 g/mol. The maximum Gasteiger partial charge on any atom is 0.326 e. The highest BCUT2D eigenvalue weighted by Gasteiger charge is 2.33. The summed E-state index contributed by atoms with van der Waals surface area (Å²) in [6, 6.07) is 3.74. The molecule has 1 saturated heterocycles. The summed E-state index contributed by atoms with van der Waals surface area (Å²) in [7, 11) is 0. The summed E-state index contributed by atoms with van der Waals surface area (Å²) in [5.74, 6) is -1.70. The lowest BCUT2D eigenvalue weighted by Crippen LogP contribution is -2.48. The Morgan fingerprint density at radius 1 is 1.32 bits per heavy atom. The number of carbonyl (C=O) groups is 3. The van der Waals surface area contributed by atoms with Crippen LogP contribution >= 0.6 is 11.6 Å². The zero-order valence-electron chi connectivity index (χ0n) is 12.1. The number of benzene rings is 1. The summed E-state index contributed by atoms with van der Waals surface area (Å²) < 4.78 is 0. The van der Waals surface area contributed by atoms with Gasteiger partial charge >= 0.3 is 5.97 Å². The van der Waals surface area contributed by atoms with Gasteiger partial charge < -0.3 is 15.3 Å². The molecule has 2 rings (SSSR count). The number of rotatable bonds is 3. The normalized spacial score (nSPS) is 17.9. The van der Waals surface area contributed by atoms with Crippen molar-refractivity contribution in [1.82, 2.24) is 4.90 Å². The van der Waals surface area contributed by atoms with Gasteiger partial charge in [-0.05, 0) is 37.5 Å². The standard InChI is InChI=1S/C15H17ClN2O4/c1-9(19)17-10-5-6-12(16)11(8-10)14(20)18-7-3-2-4-13(18)15(21)22/h5-6,8,13H,2-4,7H2,1H3,(H,17,19)(H,21,22). The van der Waals surface area contributed by atoms with Gasteiger partial charge in [0.25, 0.3) is 5.91 Å². The number of carboxylic acids is 1. The van der Waals surface area contributed by atoms with Crippen molar-refractivity contribution in [2.75, 3.05) is 11.9 Å². The van der Waals surface area contributed by atoms with Gasteiger partial charge in [-0.2, -0.15) is 0 Å². The molecule has 0 bridgehead atoms. The van der Waals surface area contributed by atoms with E-state index in [9.17, 15) is 19.5 Å². The van der Waals surface area contributed by atoms with Crippen molar-refractivity contribution in [1.29, 1.82) is 0 Å². The molecule has 1 heterocycles. The fourth-order valence-corrected chi connectivity index (χ4v) is 2.75. The summed E-state index contributed by atoms with van der Waals surface area (Å²) in [5.41, 5.74) is 0.644. The minimum absolute atomic E-state index is 0.195. The Labute approximate surface area is 133 Å². The Balaban J connectivity index is 2.31. The van der Waals surface area contributed by atoms with E-state index in [1.165, 1.54) is 24.0 Å². The molecule has 0 radical (unpaired) electrons. The van der Waals surface area contributed by atoms with Crippen molar-refractivity contribution >= 4 is 35.1 Å². The van der Waals surface area contributed by atoms with Gasteiger partial charge in [0.15, 0.2) is 0 Å². The smallest absolute Gasteiger partial charge is 0.326 e. The third-order valence-electron chi connectivity index (χ3n) is 3.57. The average molecular weight is 325 g/mol. The molecule has 2 N–H and O–H groups in total. The zero-order valence-corrected chi connectivity index (χ0v) is 12.9. The van der Waals surface area contributed by atoms with Gasteiger partial charge in [-0.15, -0.1) is 0 Å². The quantitative estimate of drug-likeness (QED) is 0.893. The third kappa shape index (κ3) is 3.57. The molecule has 1 aromatic carbocycles. The summed E-state index contributed by atoms with van der Waals surface area (Å²) in [6.45, 7) is 1.75. The second kappa shape index (κ2) is 6.79. The SMILES string of the molecule is CC(=O)Nc1ccc(Cl)c(C(=O)N2CCCCC2C(=O)O)c1. The van der Waals surface area contributed by atoms with Crippen LogP contribution in [0.1, 0.15) is 36.5 Å². The van der Waals surface area contributed by atoms with Crippen molar-refractivity contribution < 1.29 is 19.5 Å². The van der Waals surface area contributed by atoms with Crippen LogP contribution in [0.25, 0.3) is 0 Å². The minimum atomic E-state index is -1.01. The van der Waals surface area contributed by atoms with Crippen LogP contribution in [-0.2, 0) is 9.59 Å². The van der Waals surface area contributed by atoms with Crippen LogP contribution in [0, 0.1) is 0 Å². The van der Waals surface area contributed by atoms with Crippen LogP contribution in [0.5, 0.6) is 0 Å². The highest BCUT2D eigenvalue weighted by molar-refractivity contribution is 6.34. The van der Waals surface area contributed by atoms with Crippen molar-refractivity contribution in [3.8, 4) is 0 Å². The Kier molecular flexibility index (Phi) is 5.03. The molecule has 1 aromatic rings. The fourth-order valence-electron chi connectivity index (χ4n) is 2.56. The van der Waals surface area contributed by atoms with Gasteiger partial charge in [0.1, 0.15) is 6.04 Å². The molecule has 118 valence electrons. The van der Waals surface area contributed by atoms with Crippen LogP contribution in [0.2, 0.25) is 5.02 Å². The van der Waals surface area contributed by atoms with Gasteiger partial charge in [-0.3, -0.25) is 9.59 Å². The predicted octanol–water partition coefficient (Wildman–Crippen LogP) is 2.38. The number of anilines is 1. The van der Waals surface area contributed by atoms with Crippen LogP contribution in [0.3, 0.4) is 0 Å². The third-order valence-corrected chi connectivity index (χ3v) is 3.90. The molecule has 7 heteroatoms. The van der Waals surface area contributed by atoms with E-state index < -0.39 is 17.9 Å². The van der Waals surface area contributed by atoms with E-state index in [1.54, 1.807) is 6.07 Å². The lowest BCUT2D eigenvalue weighted by molar-refractivity contribution is -0.143. The molecular weight excluding hydrogens is 308 g/mol. The molecule has 0 aliphatic carbocycles. The van der Waals surface area contributed by atoms with Gasteiger partial charge in [-0.25, -0.2) is 4.79 Å². The number of amides is 2. The van der Waals surface area contributed by atoms with E-state index in [1.807, 2.05) is 0 Å². The highest BCUT2D eigenvalue weighted by Crippen LogP contribution is 2.26. The molecule has 22 heavy (non-hydrogen) atoms. The first-order valence-electron chi connectivity index (χ1n) is 7.01. The second-order valence-electron chi connectivity index (χ2n) is 5.22. The van der Waals surface area contributed by atoms with E-state index in [0.717, 1.165) is 12.8 Å². The number of hydrogen-bond acceptors (Lipinski definition) is 3. The van der Waals surface area contributed by atoms with E-state index in [4.69, 9.17) is 11.6 Å². The molecule has 2 amide bonds. The van der Waals surface area contributed by atoms with Crippen LogP contribution in [-0.4, -0.2) is 40.4 Å². The van der Waals surface area contributed by atoms with Gasteiger partial charge in [-0.1, -0.05) is 11.6 Å². The Morgan fingerprint density at radius 3 is 2.68 bits per heavy atom. The number of aliphatic carboxylic acids is 1. The van der Waals surface area contributed by atoms with Crippen LogP contribution in [0.4, 0.5) is 5.69 Å². The number of carbonyl (C=O) groups excluding carboxylic acids is 2. The minimum Gasteiger partial charge on any atom is -0.480 e.